The largest absolute Gasteiger partial charge is 0.387 e. The maximum absolute atomic E-state index is 9.50. The fourth-order valence-electron chi connectivity index (χ4n) is 1.80. The molecule has 6 heteroatoms. The first kappa shape index (κ1) is 9.32. The molecule has 76 valence electrons. The molecule has 6 atom stereocenters. The molecule has 2 heterocycles. The summed E-state index contributed by atoms with van der Waals surface area (Å²) in [5.74, 6) is -1.30. The van der Waals surface area contributed by atoms with Crippen molar-refractivity contribution in [3.63, 3.8) is 0 Å². The van der Waals surface area contributed by atoms with Gasteiger partial charge in [0, 0.05) is 0 Å². The van der Waals surface area contributed by atoms with E-state index in [-0.39, 0.29) is 0 Å². The van der Waals surface area contributed by atoms with E-state index >= 15 is 0 Å². The van der Waals surface area contributed by atoms with Crippen molar-refractivity contribution in [3.05, 3.63) is 0 Å². The molecule has 0 unspecified atom stereocenters. The molecule has 0 aromatic heterocycles. The van der Waals surface area contributed by atoms with Gasteiger partial charge in [-0.2, -0.15) is 0 Å². The summed E-state index contributed by atoms with van der Waals surface area (Å²) >= 11 is 0. The lowest BCUT2D eigenvalue weighted by atomic mass is 9.95. The molecule has 2 rings (SSSR count). The van der Waals surface area contributed by atoms with Gasteiger partial charge in [0.15, 0.2) is 5.79 Å². The van der Waals surface area contributed by atoms with Crippen LogP contribution in [0, 0.1) is 0 Å². The molecule has 5 N–H and O–H groups in total. The number of hydrogen-bond acceptors (Lipinski definition) is 6. The van der Waals surface area contributed by atoms with Gasteiger partial charge in [0.1, 0.15) is 30.6 Å². The van der Waals surface area contributed by atoms with Crippen molar-refractivity contribution in [1.29, 1.82) is 0 Å². The Kier molecular flexibility index (Phi) is 1.88. The summed E-state index contributed by atoms with van der Waals surface area (Å²) < 4.78 is 10.3. The van der Waals surface area contributed by atoms with E-state index in [2.05, 4.69) is 0 Å². The summed E-state index contributed by atoms with van der Waals surface area (Å²) in [5.41, 5.74) is 5.49. The van der Waals surface area contributed by atoms with Crippen LogP contribution in [0.5, 0.6) is 0 Å². The second kappa shape index (κ2) is 2.63. The fourth-order valence-corrected chi connectivity index (χ4v) is 1.80. The van der Waals surface area contributed by atoms with Crippen LogP contribution in [0.2, 0.25) is 0 Å². The fraction of sp³-hybridized carbons (Fsp3) is 1.00. The third-order valence-electron chi connectivity index (χ3n) is 2.61. The van der Waals surface area contributed by atoms with Crippen LogP contribution in [0.3, 0.4) is 0 Å². The summed E-state index contributed by atoms with van der Waals surface area (Å²) in [7, 11) is 0. The van der Waals surface area contributed by atoms with Crippen molar-refractivity contribution in [1.82, 2.24) is 0 Å². The third-order valence-corrected chi connectivity index (χ3v) is 2.61. The second-order valence-corrected chi connectivity index (χ2v) is 3.61. The lowest BCUT2D eigenvalue weighted by Crippen LogP contribution is -2.59. The van der Waals surface area contributed by atoms with E-state index in [0.29, 0.717) is 0 Å². The van der Waals surface area contributed by atoms with Crippen LogP contribution in [0.25, 0.3) is 0 Å². The average molecular weight is 191 g/mol. The van der Waals surface area contributed by atoms with Gasteiger partial charge < -0.3 is 30.5 Å². The monoisotopic (exact) mass is 191 g/mol. The van der Waals surface area contributed by atoms with E-state index in [1.165, 1.54) is 6.92 Å². The van der Waals surface area contributed by atoms with Crippen molar-refractivity contribution >= 4 is 0 Å². The maximum atomic E-state index is 9.50. The summed E-state index contributed by atoms with van der Waals surface area (Å²) in [4.78, 5) is 0. The topological polar surface area (TPSA) is 105 Å². The number of aliphatic hydroxyl groups is 3. The Hall–Kier alpha value is -0.240. The lowest BCUT2D eigenvalue weighted by Gasteiger charge is -2.38. The number of fused-ring (bicyclic) bond motifs is 2. The maximum Gasteiger partial charge on any atom is 0.196 e. The van der Waals surface area contributed by atoms with Crippen LogP contribution in [0.15, 0.2) is 0 Å². The van der Waals surface area contributed by atoms with Gasteiger partial charge in [0.2, 0.25) is 0 Å². The zero-order valence-corrected chi connectivity index (χ0v) is 7.12. The van der Waals surface area contributed by atoms with Crippen LogP contribution in [0.4, 0.5) is 0 Å². The van der Waals surface area contributed by atoms with Crippen molar-refractivity contribution < 1.29 is 24.8 Å². The Balaban J connectivity index is 2.30. The van der Waals surface area contributed by atoms with E-state index in [1.54, 1.807) is 0 Å². The van der Waals surface area contributed by atoms with Crippen molar-refractivity contribution in [2.45, 2.75) is 43.4 Å². The summed E-state index contributed by atoms with van der Waals surface area (Å²) in [6.45, 7) is 1.48. The molecule has 0 aromatic rings. The van der Waals surface area contributed by atoms with Gasteiger partial charge in [-0.25, -0.2) is 0 Å². The molecule has 0 radical (unpaired) electrons. The number of hydrogen-bond donors (Lipinski definition) is 4. The molecular weight excluding hydrogens is 178 g/mol. The van der Waals surface area contributed by atoms with Crippen LogP contribution in [-0.2, 0) is 9.47 Å². The molecule has 0 aliphatic carbocycles. The van der Waals surface area contributed by atoms with E-state index in [4.69, 9.17) is 15.2 Å². The van der Waals surface area contributed by atoms with Crippen LogP contribution in [0.1, 0.15) is 6.92 Å². The van der Waals surface area contributed by atoms with Crippen molar-refractivity contribution in [3.8, 4) is 0 Å². The number of ether oxygens (including phenoxy) is 2. The van der Waals surface area contributed by atoms with Gasteiger partial charge in [-0.3, -0.25) is 0 Å². The highest BCUT2D eigenvalue weighted by molar-refractivity contribution is 5.01. The first-order valence-electron chi connectivity index (χ1n) is 4.11. The van der Waals surface area contributed by atoms with Crippen molar-refractivity contribution in [2.24, 2.45) is 5.73 Å². The molecule has 2 fully saturated rings. The predicted molar refractivity (Wildman–Crippen MR) is 40.4 cm³/mol. The summed E-state index contributed by atoms with van der Waals surface area (Å²) in [6.07, 6.45) is -5.36. The Morgan fingerprint density at radius 3 is 2.38 bits per heavy atom. The highest BCUT2D eigenvalue weighted by atomic mass is 16.8. The van der Waals surface area contributed by atoms with Gasteiger partial charge in [-0.1, -0.05) is 0 Å². The zero-order chi connectivity index (χ0) is 9.80. The first-order valence-corrected chi connectivity index (χ1v) is 4.11. The molecule has 0 spiro atoms. The van der Waals surface area contributed by atoms with E-state index in [9.17, 15) is 15.3 Å². The van der Waals surface area contributed by atoms with Gasteiger partial charge in [0.05, 0.1) is 0 Å². The van der Waals surface area contributed by atoms with Gasteiger partial charge in [-0.05, 0) is 6.92 Å². The molecular formula is C7H13NO5. The van der Waals surface area contributed by atoms with Gasteiger partial charge in [-0.15, -0.1) is 0 Å². The smallest absolute Gasteiger partial charge is 0.196 e. The van der Waals surface area contributed by atoms with Gasteiger partial charge in [0.25, 0.3) is 0 Å². The number of aliphatic hydroxyl groups excluding tert-OH is 3. The third kappa shape index (κ3) is 1.11. The van der Waals surface area contributed by atoms with Crippen molar-refractivity contribution in [2.75, 3.05) is 0 Å². The molecule has 0 amide bonds. The quantitative estimate of drug-likeness (QED) is 0.337. The van der Waals surface area contributed by atoms with Crippen LogP contribution >= 0.6 is 0 Å². The summed E-state index contributed by atoms with van der Waals surface area (Å²) in [5, 5.41) is 28.3. The SMILES string of the molecule is C[C@]12O[C@H]([C@@H](O)[C@H](O)[C@@H]1O)[C@@H](N)O2. The normalized spacial score (nSPS) is 61.2. The zero-order valence-electron chi connectivity index (χ0n) is 7.12. The van der Waals surface area contributed by atoms with E-state index in [0.717, 1.165) is 0 Å². The van der Waals surface area contributed by atoms with Crippen LogP contribution in [-0.4, -0.2) is 51.8 Å². The predicted octanol–water partition coefficient (Wildman–Crippen LogP) is -2.50. The minimum atomic E-state index is -1.30. The highest BCUT2D eigenvalue weighted by Gasteiger charge is 2.59. The minimum Gasteiger partial charge on any atom is -0.387 e. The Labute approximate surface area is 74.9 Å². The molecule has 2 saturated heterocycles. The van der Waals surface area contributed by atoms with E-state index < -0.39 is 36.4 Å². The molecule has 6 nitrogen and oxygen atoms in total. The molecule has 2 aliphatic rings. The molecule has 0 aromatic carbocycles. The lowest BCUT2D eigenvalue weighted by molar-refractivity contribution is -0.286. The highest BCUT2D eigenvalue weighted by Crippen LogP contribution is 2.38. The molecule has 13 heavy (non-hydrogen) atoms. The van der Waals surface area contributed by atoms with Crippen LogP contribution < -0.4 is 5.73 Å². The Morgan fingerprint density at radius 1 is 1.15 bits per heavy atom. The Bertz CT molecular complexity index is 219. The van der Waals surface area contributed by atoms with E-state index in [1.807, 2.05) is 0 Å². The molecule has 2 aliphatic heterocycles. The second-order valence-electron chi connectivity index (χ2n) is 3.61. The number of nitrogens with two attached hydrogens (primary N) is 1. The molecule has 0 saturated carbocycles. The average Bonchev–Trinajstić information content (AvgIpc) is 2.35. The Morgan fingerprint density at radius 2 is 1.77 bits per heavy atom. The minimum absolute atomic E-state index is 0.775. The van der Waals surface area contributed by atoms with Gasteiger partial charge >= 0.3 is 0 Å². The number of rotatable bonds is 0. The summed E-state index contributed by atoms with van der Waals surface area (Å²) in [6, 6.07) is 0. The molecule has 2 bridgehead atoms. The first-order chi connectivity index (χ1) is 5.96. The standard InChI is InChI=1S/C7H13NO5/c1-7-5(11)3(10)2(9)4(12-7)6(8)13-7/h2-6,9-11H,8H2,1H3/t2-,3-,4+,5-,6-,7+/m0/s1.